The molecular formula is C24H27ClN6O. The zero-order valence-corrected chi connectivity index (χ0v) is 18.9. The van der Waals surface area contributed by atoms with E-state index >= 15 is 0 Å². The molecule has 7 rings (SSSR count). The summed E-state index contributed by atoms with van der Waals surface area (Å²) < 4.78 is 7.44. The van der Waals surface area contributed by atoms with Crippen LogP contribution in [0.2, 0.25) is 0 Å². The number of aromatic nitrogens is 3. The van der Waals surface area contributed by atoms with E-state index in [-0.39, 0.29) is 17.9 Å². The van der Waals surface area contributed by atoms with Gasteiger partial charge in [0.2, 0.25) is 0 Å². The Bertz CT molecular complexity index is 1180. The number of fused-ring (bicyclic) bond motifs is 1. The fourth-order valence-corrected chi connectivity index (χ4v) is 6.40. The Labute approximate surface area is 193 Å². The second kappa shape index (κ2) is 7.65. The minimum atomic E-state index is 0. The first-order chi connectivity index (χ1) is 15.1. The summed E-state index contributed by atoms with van der Waals surface area (Å²) in [7, 11) is 0. The van der Waals surface area contributed by atoms with Gasteiger partial charge < -0.3 is 15.4 Å². The minimum Gasteiger partial charge on any atom is -0.492 e. The molecule has 0 aromatic carbocycles. The lowest BCUT2D eigenvalue weighted by Gasteiger charge is -2.60. The molecule has 8 heteroatoms. The van der Waals surface area contributed by atoms with Gasteiger partial charge in [0.05, 0.1) is 30.1 Å². The minimum absolute atomic E-state index is 0. The van der Waals surface area contributed by atoms with Crippen molar-refractivity contribution in [1.29, 1.82) is 5.26 Å². The van der Waals surface area contributed by atoms with Crippen molar-refractivity contribution in [3.8, 4) is 22.9 Å². The first-order valence-electron chi connectivity index (χ1n) is 11.1. The maximum Gasteiger partial charge on any atom is 0.138 e. The van der Waals surface area contributed by atoms with Crippen LogP contribution in [0.4, 0.5) is 5.82 Å². The van der Waals surface area contributed by atoms with E-state index in [9.17, 15) is 5.26 Å². The maximum atomic E-state index is 9.55. The van der Waals surface area contributed by atoms with Gasteiger partial charge in [0.15, 0.2) is 0 Å². The molecule has 0 spiro atoms. The van der Waals surface area contributed by atoms with Gasteiger partial charge in [-0.1, -0.05) is 0 Å². The van der Waals surface area contributed by atoms with Gasteiger partial charge in [-0.3, -0.25) is 0 Å². The van der Waals surface area contributed by atoms with E-state index in [0.717, 1.165) is 47.0 Å². The van der Waals surface area contributed by atoms with Gasteiger partial charge >= 0.3 is 0 Å². The van der Waals surface area contributed by atoms with Crippen LogP contribution in [0.1, 0.15) is 44.6 Å². The average molecular weight is 451 g/mol. The SMILES string of the molecule is CCOc1cc(-c2ccc(N3[C@@H]4CC5C[C@H]3CC(N)(C5)C4)nc2)c2c(C#N)cnn2c1.Cl. The number of hydrogen-bond acceptors (Lipinski definition) is 6. The fourth-order valence-electron chi connectivity index (χ4n) is 6.40. The summed E-state index contributed by atoms with van der Waals surface area (Å²) in [6.07, 6.45) is 11.1. The Balaban J connectivity index is 0.00000216. The van der Waals surface area contributed by atoms with Gasteiger partial charge in [0, 0.05) is 34.9 Å². The second-order valence-electron chi connectivity index (χ2n) is 9.42. The van der Waals surface area contributed by atoms with Gasteiger partial charge in [-0.05, 0) is 63.1 Å². The van der Waals surface area contributed by atoms with Gasteiger partial charge in [0.1, 0.15) is 17.6 Å². The lowest BCUT2D eigenvalue weighted by molar-refractivity contribution is 0.0648. The van der Waals surface area contributed by atoms with Crippen molar-refractivity contribution in [2.24, 2.45) is 11.7 Å². The smallest absolute Gasteiger partial charge is 0.138 e. The summed E-state index contributed by atoms with van der Waals surface area (Å²) in [6, 6.07) is 9.45. The van der Waals surface area contributed by atoms with Crippen LogP contribution in [-0.4, -0.2) is 38.8 Å². The molecule has 4 aliphatic rings. The quantitative estimate of drug-likeness (QED) is 0.647. The highest BCUT2D eigenvalue weighted by Crippen LogP contribution is 2.51. The predicted octanol–water partition coefficient (Wildman–Crippen LogP) is 3.94. The number of nitrogens with two attached hydrogens (primary N) is 1. The van der Waals surface area contributed by atoms with Gasteiger partial charge in [-0.15, -0.1) is 12.4 Å². The van der Waals surface area contributed by atoms with Crippen LogP contribution in [-0.2, 0) is 0 Å². The molecular weight excluding hydrogens is 424 g/mol. The van der Waals surface area contributed by atoms with Crippen molar-refractivity contribution in [3.05, 3.63) is 42.4 Å². The number of anilines is 1. The molecule has 2 saturated heterocycles. The molecule has 2 N–H and O–H groups in total. The summed E-state index contributed by atoms with van der Waals surface area (Å²) in [5.41, 5.74) is 9.89. The molecule has 4 atom stereocenters. The maximum absolute atomic E-state index is 9.55. The zero-order chi connectivity index (χ0) is 21.2. The number of nitriles is 1. The highest BCUT2D eigenvalue weighted by molar-refractivity contribution is 5.85. The predicted molar refractivity (Wildman–Crippen MR) is 125 cm³/mol. The normalized spacial score (nSPS) is 27.9. The van der Waals surface area contributed by atoms with Gasteiger partial charge in [-0.2, -0.15) is 10.4 Å². The molecule has 32 heavy (non-hydrogen) atoms. The number of halogens is 1. The Hall–Kier alpha value is -2.82. The van der Waals surface area contributed by atoms with E-state index in [2.05, 4.69) is 28.2 Å². The Morgan fingerprint density at radius 2 is 2.00 bits per heavy atom. The van der Waals surface area contributed by atoms with Crippen LogP contribution in [0.3, 0.4) is 0 Å². The van der Waals surface area contributed by atoms with Crippen LogP contribution < -0.4 is 15.4 Å². The molecule has 2 unspecified atom stereocenters. The third-order valence-corrected chi connectivity index (χ3v) is 7.32. The topological polar surface area (TPSA) is 92.5 Å². The van der Waals surface area contributed by atoms with Gasteiger partial charge in [0.25, 0.3) is 0 Å². The van der Waals surface area contributed by atoms with Crippen LogP contribution >= 0.6 is 12.4 Å². The van der Waals surface area contributed by atoms with E-state index in [4.69, 9.17) is 15.5 Å². The van der Waals surface area contributed by atoms with Crippen molar-refractivity contribution in [3.63, 3.8) is 0 Å². The van der Waals surface area contributed by atoms with E-state index in [1.807, 2.05) is 25.4 Å². The third kappa shape index (κ3) is 3.21. The lowest BCUT2D eigenvalue weighted by Crippen LogP contribution is -2.67. The molecule has 4 bridgehead atoms. The van der Waals surface area contributed by atoms with Crippen LogP contribution in [0.25, 0.3) is 16.6 Å². The molecule has 4 fully saturated rings. The van der Waals surface area contributed by atoms with E-state index in [1.54, 1.807) is 10.7 Å². The fraction of sp³-hybridized carbons (Fsp3) is 0.458. The number of ether oxygens (including phenoxy) is 1. The lowest BCUT2D eigenvalue weighted by atomic mass is 9.60. The first kappa shape index (κ1) is 21.0. The third-order valence-electron chi connectivity index (χ3n) is 7.32. The molecule has 3 aromatic rings. The molecule has 7 nitrogen and oxygen atoms in total. The summed E-state index contributed by atoms with van der Waals surface area (Å²) in [6.45, 7) is 2.52. The number of pyridine rings is 2. The zero-order valence-electron chi connectivity index (χ0n) is 18.1. The van der Waals surface area contributed by atoms with Crippen molar-refractivity contribution in [2.75, 3.05) is 11.5 Å². The van der Waals surface area contributed by atoms with Crippen molar-refractivity contribution in [2.45, 2.75) is 56.7 Å². The van der Waals surface area contributed by atoms with Crippen LogP contribution in [0, 0.1) is 17.2 Å². The molecule has 166 valence electrons. The van der Waals surface area contributed by atoms with E-state index in [1.165, 1.54) is 19.3 Å². The summed E-state index contributed by atoms with van der Waals surface area (Å²) in [5, 5.41) is 13.9. The number of piperidine rings is 2. The molecule has 0 radical (unpaired) electrons. The Morgan fingerprint density at radius 3 is 2.62 bits per heavy atom. The molecule has 5 heterocycles. The van der Waals surface area contributed by atoms with Crippen LogP contribution in [0.15, 0.2) is 36.8 Å². The summed E-state index contributed by atoms with van der Waals surface area (Å²) >= 11 is 0. The average Bonchev–Trinajstić information content (AvgIpc) is 3.15. The van der Waals surface area contributed by atoms with Crippen molar-refractivity contribution in [1.82, 2.24) is 14.6 Å². The van der Waals surface area contributed by atoms with Crippen LogP contribution in [0.5, 0.6) is 5.75 Å². The first-order valence-corrected chi connectivity index (χ1v) is 11.1. The highest BCUT2D eigenvalue weighted by Gasteiger charge is 2.53. The molecule has 3 aromatic heterocycles. The summed E-state index contributed by atoms with van der Waals surface area (Å²) in [5.74, 6) is 2.53. The Kier molecular flexibility index (Phi) is 5.03. The van der Waals surface area contributed by atoms with E-state index in [0.29, 0.717) is 24.3 Å². The van der Waals surface area contributed by atoms with Crippen molar-refractivity contribution < 1.29 is 4.74 Å². The molecule has 2 saturated carbocycles. The number of nitrogens with zero attached hydrogens (tertiary/aromatic N) is 5. The highest BCUT2D eigenvalue weighted by atomic mass is 35.5. The largest absolute Gasteiger partial charge is 0.492 e. The molecule has 2 aliphatic carbocycles. The number of rotatable bonds is 4. The van der Waals surface area contributed by atoms with Crippen molar-refractivity contribution >= 4 is 23.7 Å². The molecule has 2 aliphatic heterocycles. The monoisotopic (exact) mass is 450 g/mol. The van der Waals surface area contributed by atoms with Gasteiger partial charge in [-0.25, -0.2) is 9.50 Å². The number of hydrogen-bond donors (Lipinski definition) is 1. The molecule has 0 amide bonds. The van der Waals surface area contributed by atoms with E-state index < -0.39 is 0 Å². The standard InChI is InChI=1S/C24H26N6O.ClH/c1-2-31-20-7-21(23-17(11-25)13-28-29(23)14-20)16-3-4-22(27-12-16)30-18-5-15-6-19(30)10-24(26,8-15)9-18;/h3-4,7,12-15,18-19H,2,5-6,8-10,26H2,1H3;1H/t15?,18-,19+,24?;. The summed E-state index contributed by atoms with van der Waals surface area (Å²) in [4.78, 5) is 7.40. The second-order valence-corrected chi connectivity index (χ2v) is 9.42. The Morgan fingerprint density at radius 1 is 1.22 bits per heavy atom.